The molecule has 0 amide bonds. The summed E-state index contributed by atoms with van der Waals surface area (Å²) in [5.74, 6) is 0.747. The number of aromatic nitrogens is 4. The van der Waals surface area contributed by atoms with Crippen molar-refractivity contribution in [2.45, 2.75) is 0 Å². The van der Waals surface area contributed by atoms with Gasteiger partial charge in [-0.15, -0.1) is 5.10 Å². The summed E-state index contributed by atoms with van der Waals surface area (Å²) < 4.78 is 7.18. The first-order valence-electron chi connectivity index (χ1n) is 5.13. The highest BCUT2D eigenvalue weighted by molar-refractivity contribution is 5.87. The zero-order valence-electron chi connectivity index (χ0n) is 10.3. The minimum atomic E-state index is 0.587. The molecule has 0 radical (unpaired) electrons. The van der Waals surface area contributed by atoms with E-state index in [1.54, 1.807) is 7.11 Å². The van der Waals surface area contributed by atoms with Crippen molar-refractivity contribution in [2.24, 2.45) is 0 Å². The van der Waals surface area contributed by atoms with Gasteiger partial charge in [-0.05, 0) is 6.07 Å². The van der Waals surface area contributed by atoms with E-state index in [-0.39, 0.29) is 0 Å². The average Bonchev–Trinajstić information content (AvgIpc) is 2.75. The van der Waals surface area contributed by atoms with Crippen molar-refractivity contribution in [2.75, 3.05) is 33.2 Å². The van der Waals surface area contributed by atoms with E-state index in [2.05, 4.69) is 20.4 Å². The van der Waals surface area contributed by atoms with Gasteiger partial charge in [0.25, 0.3) is 0 Å². The molecule has 0 bridgehead atoms. The van der Waals surface area contributed by atoms with Crippen molar-refractivity contribution >= 4 is 23.0 Å². The normalized spacial score (nSPS) is 10.4. The third kappa shape index (κ3) is 2.03. The highest BCUT2D eigenvalue weighted by atomic mass is 16.5. The molecule has 0 aliphatic carbocycles. The van der Waals surface area contributed by atoms with Crippen LogP contribution in [0.25, 0.3) is 11.2 Å². The molecule has 2 aromatic heterocycles. The molecule has 0 aromatic carbocycles. The Labute approximate surface area is 98.7 Å². The van der Waals surface area contributed by atoms with E-state index >= 15 is 0 Å². The van der Waals surface area contributed by atoms with E-state index in [4.69, 9.17) is 4.74 Å². The van der Waals surface area contributed by atoms with E-state index in [9.17, 15) is 0 Å². The molecule has 7 heteroatoms. The number of H-pyrrole nitrogens is 1. The minimum Gasteiger partial charge on any atom is -0.435 e. The van der Waals surface area contributed by atoms with E-state index in [0.717, 1.165) is 11.3 Å². The smallest absolute Gasteiger partial charge is 0.435 e. The molecule has 2 rings (SSSR count). The van der Waals surface area contributed by atoms with Gasteiger partial charge >= 0.3 is 6.02 Å². The third-order valence-electron chi connectivity index (χ3n) is 2.36. The molecule has 0 aliphatic rings. The molecular formula is C10H15N6O+. The summed E-state index contributed by atoms with van der Waals surface area (Å²) in [7, 11) is 7.32. The Balaban J connectivity index is 2.42. The van der Waals surface area contributed by atoms with Crippen LogP contribution in [0.3, 0.4) is 0 Å². The molecule has 17 heavy (non-hydrogen) atoms. The average molecular weight is 235 g/mol. The number of ether oxygens (including phenoxy) is 1. The lowest BCUT2D eigenvalue weighted by Gasteiger charge is -2.12. The number of fused-ring (bicyclic) bond motifs is 1. The van der Waals surface area contributed by atoms with Crippen LogP contribution in [-0.2, 0) is 4.74 Å². The predicted octanol–water partition coefficient (Wildman–Crippen LogP) is 0.0636. The van der Waals surface area contributed by atoms with Gasteiger partial charge in [0.2, 0.25) is 11.5 Å². The highest BCUT2D eigenvalue weighted by Gasteiger charge is 2.21. The van der Waals surface area contributed by atoms with Crippen LogP contribution in [0.5, 0.6) is 0 Å². The van der Waals surface area contributed by atoms with Gasteiger partial charge in [-0.3, -0.25) is 0 Å². The Bertz CT molecular complexity index is 557. The number of hydrogen-bond donors (Lipinski definition) is 1. The highest BCUT2D eigenvalue weighted by Crippen LogP contribution is 2.13. The summed E-state index contributed by atoms with van der Waals surface area (Å²) in [5, 5.41) is 10.4. The van der Waals surface area contributed by atoms with Crippen LogP contribution < -0.4 is 4.90 Å². The van der Waals surface area contributed by atoms with Crippen molar-refractivity contribution in [3.8, 4) is 0 Å². The second-order valence-electron chi connectivity index (χ2n) is 3.78. The van der Waals surface area contributed by atoms with Crippen molar-refractivity contribution in [3.05, 3.63) is 12.1 Å². The number of nitrogens with zero attached hydrogens (tertiary/aromatic N) is 5. The van der Waals surface area contributed by atoms with Gasteiger partial charge in [0.15, 0.2) is 0 Å². The van der Waals surface area contributed by atoms with Crippen LogP contribution in [0.4, 0.5) is 5.82 Å². The van der Waals surface area contributed by atoms with Crippen LogP contribution in [0, 0.1) is 0 Å². The van der Waals surface area contributed by atoms with Gasteiger partial charge in [-0.1, -0.05) is 0 Å². The van der Waals surface area contributed by atoms with Gasteiger partial charge in [0.1, 0.15) is 5.52 Å². The molecular weight excluding hydrogens is 220 g/mol. The van der Waals surface area contributed by atoms with Crippen LogP contribution >= 0.6 is 0 Å². The Morgan fingerprint density at radius 2 is 2.12 bits per heavy atom. The third-order valence-corrected chi connectivity index (χ3v) is 2.36. The molecule has 0 spiro atoms. The van der Waals surface area contributed by atoms with Crippen LogP contribution in [0.1, 0.15) is 0 Å². The fourth-order valence-corrected chi connectivity index (χ4v) is 1.63. The van der Waals surface area contributed by atoms with Gasteiger partial charge < -0.3 is 4.74 Å². The van der Waals surface area contributed by atoms with Crippen molar-refractivity contribution in [1.82, 2.24) is 20.4 Å². The fraction of sp³-hybridized carbons (Fsp3) is 0.400. The number of aromatic amines is 1. The monoisotopic (exact) mass is 235 g/mol. The molecule has 0 saturated carbocycles. The topological polar surface area (TPSA) is 69.9 Å². The van der Waals surface area contributed by atoms with Gasteiger partial charge in [0, 0.05) is 6.07 Å². The number of hydrogen-bond acceptors (Lipinski definition) is 4. The summed E-state index contributed by atoms with van der Waals surface area (Å²) in [6.45, 7) is 0. The van der Waals surface area contributed by atoms with Crippen molar-refractivity contribution in [3.63, 3.8) is 0 Å². The molecule has 90 valence electrons. The van der Waals surface area contributed by atoms with Crippen LogP contribution in [0.15, 0.2) is 12.1 Å². The Kier molecular flexibility index (Phi) is 2.90. The zero-order chi connectivity index (χ0) is 12.4. The molecule has 7 nitrogen and oxygen atoms in total. The molecule has 2 aromatic rings. The number of methoxy groups -OCH3 is 1. The summed E-state index contributed by atoms with van der Waals surface area (Å²) in [6.07, 6.45) is 0. The SMILES string of the molecule is COC(N(C)c1ccc2n[nH]nc2n1)=[N+](C)C. The van der Waals surface area contributed by atoms with E-state index in [0.29, 0.717) is 11.7 Å². The largest absolute Gasteiger partial charge is 0.451 e. The first-order valence-corrected chi connectivity index (χ1v) is 5.13. The standard InChI is InChI=1S/C10H15N6O/c1-15(2)10(17-4)16(3)8-6-5-7-9(11-8)13-14-12-7/h5-6H,1-4H3,(H,11,12,13,14)/q+1. The molecule has 0 unspecified atom stereocenters. The maximum atomic E-state index is 5.31. The fourth-order valence-electron chi connectivity index (χ4n) is 1.63. The number of nitrogens with one attached hydrogen (secondary N) is 1. The molecule has 0 aliphatic heterocycles. The van der Waals surface area contributed by atoms with E-state index < -0.39 is 0 Å². The first-order chi connectivity index (χ1) is 8.13. The second kappa shape index (κ2) is 4.36. The summed E-state index contributed by atoms with van der Waals surface area (Å²) in [4.78, 5) is 6.22. The maximum absolute atomic E-state index is 5.31. The molecule has 0 atom stereocenters. The van der Waals surface area contributed by atoms with Crippen LogP contribution in [0.2, 0.25) is 0 Å². The molecule has 2 heterocycles. The second-order valence-corrected chi connectivity index (χ2v) is 3.78. The molecule has 0 saturated heterocycles. The number of anilines is 1. The first kappa shape index (κ1) is 11.3. The summed E-state index contributed by atoms with van der Waals surface area (Å²) in [6, 6.07) is 4.42. The van der Waals surface area contributed by atoms with E-state index in [1.807, 2.05) is 42.8 Å². The number of rotatable bonds is 1. The Morgan fingerprint density at radius 3 is 2.76 bits per heavy atom. The van der Waals surface area contributed by atoms with Gasteiger partial charge in [-0.25, -0.2) is 4.58 Å². The van der Waals surface area contributed by atoms with Crippen molar-refractivity contribution in [1.29, 1.82) is 0 Å². The zero-order valence-corrected chi connectivity index (χ0v) is 10.3. The van der Waals surface area contributed by atoms with Crippen LogP contribution in [-0.4, -0.2) is 59.2 Å². The Hall–Kier alpha value is -2.18. The molecule has 0 fully saturated rings. The predicted molar refractivity (Wildman–Crippen MR) is 64.2 cm³/mol. The number of amidine groups is 1. The Morgan fingerprint density at radius 1 is 1.35 bits per heavy atom. The summed E-state index contributed by atoms with van der Waals surface area (Å²) >= 11 is 0. The van der Waals surface area contributed by atoms with Gasteiger partial charge in [-0.2, -0.15) is 20.2 Å². The van der Waals surface area contributed by atoms with Crippen molar-refractivity contribution < 1.29 is 9.31 Å². The lowest BCUT2D eigenvalue weighted by molar-refractivity contribution is -0.475. The maximum Gasteiger partial charge on any atom is 0.451 e. The molecule has 1 N–H and O–H groups in total. The summed E-state index contributed by atoms with van der Waals surface area (Å²) in [5.41, 5.74) is 1.33. The number of pyridine rings is 1. The van der Waals surface area contributed by atoms with E-state index in [1.165, 1.54) is 0 Å². The quantitative estimate of drug-likeness (QED) is 0.430. The lowest BCUT2D eigenvalue weighted by atomic mass is 10.4. The lowest BCUT2D eigenvalue weighted by Crippen LogP contribution is -2.34. The van der Waals surface area contributed by atoms with Gasteiger partial charge in [0.05, 0.1) is 28.3 Å². The minimum absolute atomic E-state index is 0.587.